The molecular formula is C37H54N4O4. The molecule has 5 rings (SSSR count). The number of nitrogens with one attached hydrogen (secondary N) is 1. The van der Waals surface area contributed by atoms with Crippen LogP contribution in [0.4, 0.5) is 9.59 Å². The molecule has 2 atom stereocenters. The standard InChI is InChI=1S/C37H54N4O4/c1-36(2,3)44-34(42)39-22-26-16-18-27(19-17-26)23-40(32-15-9-13-28-14-10-20-38-33(28)32)25-31-21-29-11-7-8-12-30(29)24-41(31)35(43)45-37(4,5)6/h7-8,10-12,14,20,26-27,31-32H,9,13,15-19,21-25H2,1-6H3,(H,39,42)/t26?,27?,31-,32+/m1/s1. The number of rotatable bonds is 7. The molecular weight excluding hydrogens is 564 g/mol. The highest BCUT2D eigenvalue weighted by Crippen LogP contribution is 2.37. The topological polar surface area (TPSA) is 84.0 Å². The molecule has 2 heterocycles. The first kappa shape index (κ1) is 33.2. The number of carbonyl (C=O) groups is 2. The van der Waals surface area contributed by atoms with Crippen molar-refractivity contribution in [2.24, 2.45) is 11.8 Å². The van der Waals surface area contributed by atoms with Crippen molar-refractivity contribution in [3.8, 4) is 0 Å². The molecule has 1 N–H and O–H groups in total. The third-order valence-electron chi connectivity index (χ3n) is 9.43. The Balaban J connectivity index is 1.32. The zero-order valence-corrected chi connectivity index (χ0v) is 28.3. The van der Waals surface area contributed by atoms with Gasteiger partial charge in [0.05, 0.1) is 17.8 Å². The van der Waals surface area contributed by atoms with Crippen LogP contribution >= 0.6 is 0 Å². The van der Waals surface area contributed by atoms with E-state index in [0.29, 0.717) is 24.9 Å². The van der Waals surface area contributed by atoms with Gasteiger partial charge in [0.25, 0.3) is 0 Å². The van der Waals surface area contributed by atoms with E-state index < -0.39 is 11.2 Å². The molecule has 0 saturated heterocycles. The van der Waals surface area contributed by atoms with Crippen molar-refractivity contribution in [1.29, 1.82) is 0 Å². The van der Waals surface area contributed by atoms with E-state index in [2.05, 4.69) is 46.6 Å². The zero-order chi connectivity index (χ0) is 32.2. The average molecular weight is 619 g/mol. The van der Waals surface area contributed by atoms with Crippen molar-refractivity contribution in [1.82, 2.24) is 20.1 Å². The minimum atomic E-state index is -0.554. The van der Waals surface area contributed by atoms with Gasteiger partial charge in [0.1, 0.15) is 11.2 Å². The normalized spacial score (nSPS) is 23.6. The lowest BCUT2D eigenvalue weighted by atomic mass is 9.81. The Bertz CT molecular complexity index is 1310. The molecule has 2 amide bonds. The van der Waals surface area contributed by atoms with E-state index in [4.69, 9.17) is 14.5 Å². The highest BCUT2D eigenvalue weighted by Gasteiger charge is 2.37. The van der Waals surface area contributed by atoms with Crippen molar-refractivity contribution in [2.75, 3.05) is 19.6 Å². The number of alkyl carbamates (subject to hydrolysis) is 1. The van der Waals surface area contributed by atoms with Gasteiger partial charge in [-0.05, 0) is 128 Å². The molecule has 3 aliphatic rings. The number of ether oxygens (including phenoxy) is 2. The summed E-state index contributed by atoms with van der Waals surface area (Å²) in [7, 11) is 0. The number of hydrogen-bond acceptors (Lipinski definition) is 6. The summed E-state index contributed by atoms with van der Waals surface area (Å²) in [6.45, 7) is 14.5. The van der Waals surface area contributed by atoms with Crippen LogP contribution in [0.15, 0.2) is 42.6 Å². The maximum atomic E-state index is 13.6. The maximum Gasteiger partial charge on any atom is 0.410 e. The predicted molar refractivity (Wildman–Crippen MR) is 177 cm³/mol. The molecule has 0 spiro atoms. The predicted octanol–water partition coefficient (Wildman–Crippen LogP) is 7.45. The first-order valence-electron chi connectivity index (χ1n) is 17.1. The van der Waals surface area contributed by atoms with E-state index in [0.717, 1.165) is 64.5 Å². The van der Waals surface area contributed by atoms with Crippen LogP contribution < -0.4 is 5.32 Å². The van der Waals surface area contributed by atoms with Crippen LogP contribution in [-0.4, -0.2) is 63.8 Å². The summed E-state index contributed by atoms with van der Waals surface area (Å²) in [6, 6.07) is 13.1. The van der Waals surface area contributed by atoms with Gasteiger partial charge in [-0.2, -0.15) is 0 Å². The van der Waals surface area contributed by atoms with Crippen LogP contribution in [0, 0.1) is 11.8 Å². The molecule has 1 aromatic heterocycles. The summed E-state index contributed by atoms with van der Waals surface area (Å²) >= 11 is 0. The number of carbonyl (C=O) groups excluding carboxylic acids is 2. The average Bonchev–Trinajstić information content (AvgIpc) is 2.98. The van der Waals surface area contributed by atoms with Gasteiger partial charge in [-0.1, -0.05) is 30.3 Å². The van der Waals surface area contributed by atoms with E-state index >= 15 is 0 Å². The SMILES string of the molecule is CC(C)(C)OC(=O)NCC1CCC(CN(C[C@H]2Cc3ccccc3CN2C(=O)OC(C)(C)C)[C@H]2CCCc3cccnc32)CC1. The van der Waals surface area contributed by atoms with Crippen LogP contribution in [0.1, 0.15) is 108 Å². The fourth-order valence-corrected chi connectivity index (χ4v) is 7.32. The Morgan fingerprint density at radius 1 is 0.867 bits per heavy atom. The Hall–Kier alpha value is -3.13. The van der Waals surface area contributed by atoms with Gasteiger partial charge >= 0.3 is 12.2 Å². The van der Waals surface area contributed by atoms with Gasteiger partial charge < -0.3 is 14.8 Å². The van der Waals surface area contributed by atoms with Gasteiger partial charge in [0.2, 0.25) is 0 Å². The number of pyridine rings is 1. The molecule has 0 radical (unpaired) electrons. The minimum Gasteiger partial charge on any atom is -0.444 e. The van der Waals surface area contributed by atoms with Crippen LogP contribution in [0.3, 0.4) is 0 Å². The van der Waals surface area contributed by atoms with Gasteiger partial charge in [-0.25, -0.2) is 9.59 Å². The summed E-state index contributed by atoms with van der Waals surface area (Å²) in [5, 5.41) is 2.99. The molecule has 8 heteroatoms. The first-order chi connectivity index (χ1) is 21.3. The Morgan fingerprint density at radius 2 is 1.53 bits per heavy atom. The van der Waals surface area contributed by atoms with Crippen molar-refractivity contribution in [3.05, 3.63) is 65.0 Å². The van der Waals surface area contributed by atoms with Crippen LogP contribution in [0.2, 0.25) is 0 Å². The third kappa shape index (κ3) is 9.21. The van der Waals surface area contributed by atoms with Crippen LogP contribution in [-0.2, 0) is 28.9 Å². The van der Waals surface area contributed by atoms with Crippen molar-refractivity contribution < 1.29 is 19.1 Å². The molecule has 0 unspecified atom stereocenters. The fourth-order valence-electron chi connectivity index (χ4n) is 7.32. The van der Waals surface area contributed by atoms with Gasteiger partial charge in [0.15, 0.2) is 0 Å². The molecule has 246 valence electrons. The highest BCUT2D eigenvalue weighted by molar-refractivity contribution is 5.69. The lowest BCUT2D eigenvalue weighted by molar-refractivity contribution is 0.00276. The molecule has 0 bridgehead atoms. The largest absolute Gasteiger partial charge is 0.444 e. The number of aryl methyl sites for hydroxylation is 1. The molecule has 8 nitrogen and oxygen atoms in total. The summed E-state index contributed by atoms with van der Waals surface area (Å²) in [5.74, 6) is 1.03. The van der Waals surface area contributed by atoms with E-state index in [-0.39, 0.29) is 24.3 Å². The van der Waals surface area contributed by atoms with Crippen LogP contribution in [0.5, 0.6) is 0 Å². The molecule has 1 aliphatic heterocycles. The molecule has 1 saturated carbocycles. The Morgan fingerprint density at radius 3 is 2.24 bits per heavy atom. The van der Waals surface area contributed by atoms with E-state index in [1.165, 1.54) is 22.4 Å². The number of amides is 2. The second-order valence-corrected chi connectivity index (χ2v) is 15.4. The van der Waals surface area contributed by atoms with E-state index in [1.807, 2.05) is 52.6 Å². The smallest absolute Gasteiger partial charge is 0.410 e. The fraction of sp³-hybridized carbons (Fsp3) is 0.649. The highest BCUT2D eigenvalue weighted by atomic mass is 16.6. The van der Waals surface area contributed by atoms with E-state index in [1.54, 1.807) is 0 Å². The molecule has 45 heavy (non-hydrogen) atoms. The summed E-state index contributed by atoms with van der Waals surface area (Å²) in [6.07, 6.45) is 9.92. The third-order valence-corrected chi connectivity index (χ3v) is 9.43. The quantitative estimate of drug-likeness (QED) is 0.347. The molecule has 1 aromatic carbocycles. The Labute approximate surface area is 270 Å². The van der Waals surface area contributed by atoms with Gasteiger partial charge in [0, 0.05) is 32.4 Å². The second-order valence-electron chi connectivity index (χ2n) is 15.4. The number of aromatic nitrogens is 1. The summed E-state index contributed by atoms with van der Waals surface area (Å²) < 4.78 is 11.4. The van der Waals surface area contributed by atoms with Gasteiger partial charge in [-0.3, -0.25) is 14.8 Å². The lowest BCUT2D eigenvalue weighted by Crippen LogP contribution is -2.52. The summed E-state index contributed by atoms with van der Waals surface area (Å²) in [5.41, 5.74) is 4.04. The van der Waals surface area contributed by atoms with Crippen molar-refractivity contribution in [3.63, 3.8) is 0 Å². The summed E-state index contributed by atoms with van der Waals surface area (Å²) in [4.78, 5) is 35.4. The van der Waals surface area contributed by atoms with E-state index in [9.17, 15) is 9.59 Å². The molecule has 1 fully saturated rings. The van der Waals surface area contributed by atoms with Crippen molar-refractivity contribution >= 4 is 12.2 Å². The first-order valence-corrected chi connectivity index (χ1v) is 17.1. The monoisotopic (exact) mass is 618 g/mol. The number of fused-ring (bicyclic) bond motifs is 2. The lowest BCUT2D eigenvalue weighted by Gasteiger charge is -2.44. The number of benzene rings is 1. The zero-order valence-electron chi connectivity index (χ0n) is 28.3. The number of nitrogens with zero attached hydrogens (tertiary/aromatic N) is 3. The van der Waals surface area contributed by atoms with Crippen LogP contribution in [0.25, 0.3) is 0 Å². The number of hydrogen-bond donors (Lipinski definition) is 1. The molecule has 2 aromatic rings. The molecule has 2 aliphatic carbocycles. The van der Waals surface area contributed by atoms with Gasteiger partial charge in [-0.15, -0.1) is 0 Å². The minimum absolute atomic E-state index is 0.0122. The van der Waals surface area contributed by atoms with Crippen molar-refractivity contribution in [2.45, 2.75) is 123 Å². The Kier molecular flexibility index (Phi) is 10.4. The second kappa shape index (κ2) is 14.1. The maximum absolute atomic E-state index is 13.6.